The first-order valence-corrected chi connectivity index (χ1v) is 10.3. The van der Waals surface area contributed by atoms with Crippen LogP contribution in [0.5, 0.6) is 0 Å². The molecule has 0 bridgehead atoms. The Balaban J connectivity index is 1.68. The monoisotopic (exact) mass is 392 g/mol. The van der Waals surface area contributed by atoms with Crippen LogP contribution >= 0.6 is 0 Å². The van der Waals surface area contributed by atoms with Crippen molar-refractivity contribution in [1.82, 2.24) is 5.32 Å². The second kappa shape index (κ2) is 10.1. The molecule has 6 N–H and O–H groups in total. The van der Waals surface area contributed by atoms with Crippen LogP contribution in [-0.2, 0) is 0 Å². The molecule has 1 saturated heterocycles. The summed E-state index contributed by atoms with van der Waals surface area (Å²) >= 11 is 0. The van der Waals surface area contributed by atoms with Gasteiger partial charge in [-0.1, -0.05) is 24.8 Å². The normalized spacial score (nSPS) is 18.4. The Morgan fingerprint density at radius 2 is 2.14 bits per heavy atom. The van der Waals surface area contributed by atoms with Crippen molar-refractivity contribution >= 4 is 28.5 Å². The van der Waals surface area contributed by atoms with Crippen LogP contribution in [0, 0.1) is 5.92 Å². The van der Waals surface area contributed by atoms with Gasteiger partial charge in [-0.15, -0.1) is 0 Å². The molecule has 29 heavy (non-hydrogen) atoms. The van der Waals surface area contributed by atoms with Crippen LogP contribution in [0.4, 0.5) is 11.4 Å². The summed E-state index contributed by atoms with van der Waals surface area (Å²) in [5.74, 6) is 1.38. The number of nitrogen functional groups attached to an aromatic ring is 1. The first-order valence-electron chi connectivity index (χ1n) is 10.3. The molecule has 0 radical (unpaired) electrons. The second-order valence-electron chi connectivity index (χ2n) is 7.71. The van der Waals surface area contributed by atoms with Crippen LogP contribution in [-0.4, -0.2) is 31.2 Å². The Morgan fingerprint density at radius 1 is 1.34 bits per heavy atom. The molecule has 2 aliphatic heterocycles. The molecule has 0 spiro atoms. The minimum absolute atomic E-state index is 0.592. The Hall–Kier alpha value is -2.86. The molecule has 0 amide bonds. The predicted octanol–water partition coefficient (Wildman–Crippen LogP) is 3.70. The molecule has 0 atom stereocenters. The van der Waals surface area contributed by atoms with E-state index in [2.05, 4.69) is 29.1 Å². The van der Waals surface area contributed by atoms with E-state index in [-0.39, 0.29) is 0 Å². The van der Waals surface area contributed by atoms with E-state index in [0.29, 0.717) is 24.5 Å². The van der Waals surface area contributed by atoms with Crippen molar-refractivity contribution in [3.63, 3.8) is 0 Å². The zero-order chi connectivity index (χ0) is 20.6. The number of anilines is 2. The molecule has 1 fully saturated rings. The van der Waals surface area contributed by atoms with E-state index in [1.807, 2.05) is 36.6 Å². The first-order chi connectivity index (χ1) is 14.0. The molecule has 2 heterocycles. The molecule has 154 valence electrons. The summed E-state index contributed by atoms with van der Waals surface area (Å²) in [7, 11) is 0. The number of benzene rings is 1. The van der Waals surface area contributed by atoms with Gasteiger partial charge in [0.25, 0.3) is 0 Å². The Kier molecular flexibility index (Phi) is 7.25. The summed E-state index contributed by atoms with van der Waals surface area (Å²) in [6.07, 6.45) is 9.98. The fourth-order valence-corrected chi connectivity index (χ4v) is 3.67. The number of hydrogen-bond acceptors (Lipinski definition) is 6. The number of aliphatic imine (C=N–C) groups is 2. The fourth-order valence-electron chi connectivity index (χ4n) is 3.67. The van der Waals surface area contributed by atoms with E-state index in [4.69, 9.17) is 16.5 Å². The topological polar surface area (TPSA) is 101 Å². The third-order valence-corrected chi connectivity index (χ3v) is 5.37. The summed E-state index contributed by atoms with van der Waals surface area (Å²) in [5, 5.41) is 6.77. The largest absolute Gasteiger partial charge is 0.397 e. The van der Waals surface area contributed by atoms with Crippen LogP contribution in [0.3, 0.4) is 0 Å². The van der Waals surface area contributed by atoms with Gasteiger partial charge in [0, 0.05) is 18.3 Å². The Bertz CT molecular complexity index is 856. The fraction of sp³-hybridized carbons (Fsp3) is 0.391. The molecule has 1 aromatic rings. The number of rotatable bonds is 8. The van der Waals surface area contributed by atoms with E-state index in [1.165, 1.54) is 12.8 Å². The standard InChI is InChI=1S/C23H32N6/c1-3-18(14-27-16(2)12-17-8-10-26-11-9-17)19-4-6-21(24)22(13-19)28-15-20-5-7-23(25)29-20/h3-6,13-14,17,26,28H,1,7-12,15,24H2,2H3,(H2,25,29)/b18-14+,27-16?. The summed E-state index contributed by atoms with van der Waals surface area (Å²) < 4.78 is 0. The van der Waals surface area contributed by atoms with E-state index < -0.39 is 0 Å². The van der Waals surface area contributed by atoms with Crippen LogP contribution in [0.1, 0.15) is 38.2 Å². The summed E-state index contributed by atoms with van der Waals surface area (Å²) in [6, 6.07) is 5.93. The molecule has 6 nitrogen and oxygen atoms in total. The van der Waals surface area contributed by atoms with Gasteiger partial charge in [-0.3, -0.25) is 4.99 Å². The maximum absolute atomic E-state index is 6.15. The van der Waals surface area contributed by atoms with Gasteiger partial charge >= 0.3 is 0 Å². The highest BCUT2D eigenvalue weighted by molar-refractivity contribution is 5.86. The van der Waals surface area contributed by atoms with E-state index >= 15 is 0 Å². The molecule has 0 unspecified atom stereocenters. The number of nitrogens with zero attached hydrogens (tertiary/aromatic N) is 2. The number of hydrogen-bond donors (Lipinski definition) is 4. The van der Waals surface area contributed by atoms with Crippen molar-refractivity contribution in [3.8, 4) is 0 Å². The van der Waals surface area contributed by atoms with Crippen molar-refractivity contribution < 1.29 is 0 Å². The molecule has 2 aliphatic rings. The molecule has 3 rings (SSSR count). The number of amidine groups is 1. The summed E-state index contributed by atoms with van der Waals surface area (Å²) in [4.78, 5) is 9.01. The maximum atomic E-state index is 6.15. The zero-order valence-corrected chi connectivity index (χ0v) is 17.2. The van der Waals surface area contributed by atoms with E-state index in [9.17, 15) is 0 Å². The van der Waals surface area contributed by atoms with Gasteiger partial charge in [0.15, 0.2) is 0 Å². The Labute approximate surface area is 173 Å². The van der Waals surface area contributed by atoms with Gasteiger partial charge in [0.2, 0.25) is 0 Å². The molecular weight excluding hydrogens is 360 g/mol. The zero-order valence-electron chi connectivity index (χ0n) is 17.2. The van der Waals surface area contributed by atoms with Crippen molar-refractivity contribution in [2.45, 2.75) is 32.6 Å². The number of piperidine rings is 1. The lowest BCUT2D eigenvalue weighted by atomic mass is 9.93. The molecule has 0 saturated carbocycles. The third-order valence-electron chi connectivity index (χ3n) is 5.37. The van der Waals surface area contributed by atoms with Crippen molar-refractivity contribution in [3.05, 3.63) is 54.4 Å². The average Bonchev–Trinajstić information content (AvgIpc) is 3.14. The molecule has 0 aromatic heterocycles. The van der Waals surface area contributed by atoms with Gasteiger partial charge in [0.1, 0.15) is 5.84 Å². The van der Waals surface area contributed by atoms with Crippen LogP contribution in [0.15, 0.2) is 58.8 Å². The van der Waals surface area contributed by atoms with Crippen LogP contribution in [0.25, 0.3) is 5.57 Å². The van der Waals surface area contributed by atoms with Crippen LogP contribution < -0.4 is 22.1 Å². The Morgan fingerprint density at radius 3 is 2.83 bits per heavy atom. The highest BCUT2D eigenvalue weighted by Crippen LogP contribution is 2.26. The first kappa shape index (κ1) is 20.9. The van der Waals surface area contributed by atoms with Gasteiger partial charge < -0.3 is 22.1 Å². The van der Waals surface area contributed by atoms with Crippen molar-refractivity contribution in [1.29, 1.82) is 0 Å². The van der Waals surface area contributed by atoms with Crippen molar-refractivity contribution in [2.75, 3.05) is 30.7 Å². The lowest BCUT2D eigenvalue weighted by Crippen LogP contribution is -2.28. The smallest absolute Gasteiger partial charge is 0.103 e. The number of nitrogens with two attached hydrogens (primary N) is 2. The SMILES string of the molecule is C=C/C(=C\N=C(C)CC1CCNCC1)c1ccc(N)c(NCC2=CCC(N)=N2)c1. The second-order valence-corrected chi connectivity index (χ2v) is 7.71. The number of allylic oxidation sites excluding steroid dienone is 2. The van der Waals surface area contributed by atoms with Crippen molar-refractivity contribution in [2.24, 2.45) is 21.6 Å². The lowest BCUT2D eigenvalue weighted by Gasteiger charge is -2.22. The molecular formula is C23H32N6. The predicted molar refractivity (Wildman–Crippen MR) is 125 cm³/mol. The lowest BCUT2D eigenvalue weighted by molar-refractivity contribution is 0.384. The van der Waals surface area contributed by atoms with Gasteiger partial charge in [0.05, 0.1) is 23.6 Å². The summed E-state index contributed by atoms with van der Waals surface area (Å²) in [6.45, 7) is 8.89. The minimum Gasteiger partial charge on any atom is -0.397 e. The van der Waals surface area contributed by atoms with Gasteiger partial charge in [-0.2, -0.15) is 0 Å². The average molecular weight is 393 g/mol. The molecule has 0 aliphatic carbocycles. The van der Waals surface area contributed by atoms with Crippen LogP contribution in [0.2, 0.25) is 0 Å². The maximum Gasteiger partial charge on any atom is 0.103 e. The highest BCUT2D eigenvalue weighted by Gasteiger charge is 2.13. The number of nitrogens with one attached hydrogen (secondary N) is 2. The quantitative estimate of drug-likeness (QED) is 0.308. The summed E-state index contributed by atoms with van der Waals surface area (Å²) in [5.41, 5.74) is 17.5. The third kappa shape index (κ3) is 6.06. The van der Waals surface area contributed by atoms with E-state index in [0.717, 1.165) is 53.7 Å². The highest BCUT2D eigenvalue weighted by atomic mass is 15.0. The van der Waals surface area contributed by atoms with Gasteiger partial charge in [-0.25, -0.2) is 4.99 Å². The molecule has 1 aromatic carbocycles. The van der Waals surface area contributed by atoms with Gasteiger partial charge in [-0.05, 0) is 68.5 Å². The minimum atomic E-state index is 0.592. The molecule has 6 heteroatoms. The van der Waals surface area contributed by atoms with E-state index in [1.54, 1.807) is 0 Å².